The Labute approximate surface area is 143 Å². The summed E-state index contributed by atoms with van der Waals surface area (Å²) in [4.78, 5) is 26.7. The van der Waals surface area contributed by atoms with Gasteiger partial charge < -0.3 is 15.2 Å². The van der Waals surface area contributed by atoms with Crippen LogP contribution in [0.2, 0.25) is 0 Å². The Balaban J connectivity index is 1.57. The number of hydrogen-bond acceptors (Lipinski definition) is 5. The first-order valence-corrected chi connectivity index (χ1v) is 7.76. The molecule has 0 radical (unpaired) electrons. The molecule has 3 rings (SSSR count). The summed E-state index contributed by atoms with van der Waals surface area (Å²) in [5.74, 6) is -0.241. The van der Waals surface area contributed by atoms with Crippen LogP contribution in [0.15, 0.2) is 59.7 Å². The predicted molar refractivity (Wildman–Crippen MR) is 94.1 cm³/mol. The number of carboxylic acids is 1. The van der Waals surface area contributed by atoms with Gasteiger partial charge >= 0.3 is 5.97 Å². The second-order valence-corrected chi connectivity index (χ2v) is 5.39. The number of nitrogens with zero attached hydrogens (tertiary/aromatic N) is 2. The van der Waals surface area contributed by atoms with Crippen molar-refractivity contribution >= 4 is 22.6 Å². The molecular weight excluding hydrogens is 322 g/mol. The number of rotatable bonds is 7. The fraction of sp³-hybridized carbons (Fsp3) is 0.167. The maximum Gasteiger partial charge on any atom is 0.323 e. The summed E-state index contributed by atoms with van der Waals surface area (Å²) in [6.07, 6.45) is 2.73. The Kier molecular flexibility index (Phi) is 4.94. The predicted octanol–water partition coefficient (Wildman–Crippen LogP) is 1.97. The molecule has 0 aliphatic rings. The number of nitrogens with one attached hydrogen (secondary N) is 1. The van der Waals surface area contributed by atoms with Crippen molar-refractivity contribution in [1.82, 2.24) is 9.55 Å². The van der Waals surface area contributed by atoms with Crippen molar-refractivity contribution in [3.63, 3.8) is 0 Å². The van der Waals surface area contributed by atoms with E-state index in [0.717, 1.165) is 21.1 Å². The minimum atomic E-state index is -1.08. The molecule has 1 aromatic heterocycles. The third-order valence-electron chi connectivity index (χ3n) is 3.60. The fourth-order valence-electron chi connectivity index (χ4n) is 2.43. The van der Waals surface area contributed by atoms with E-state index in [1.807, 2.05) is 42.5 Å². The van der Waals surface area contributed by atoms with E-state index < -0.39 is 18.1 Å². The van der Waals surface area contributed by atoms with Gasteiger partial charge in [-0.25, -0.2) is 4.98 Å². The molecule has 128 valence electrons. The first kappa shape index (κ1) is 16.5. The lowest BCUT2D eigenvalue weighted by molar-refractivity contribution is -0.137. The second-order valence-electron chi connectivity index (χ2n) is 5.39. The van der Waals surface area contributed by atoms with Gasteiger partial charge in [-0.05, 0) is 22.9 Å². The number of carbonyl (C=O) groups is 1. The van der Waals surface area contributed by atoms with Crippen LogP contribution in [0, 0.1) is 0 Å². The Morgan fingerprint density at radius 2 is 2.00 bits per heavy atom. The highest BCUT2D eigenvalue weighted by molar-refractivity contribution is 5.83. The average molecular weight is 339 g/mol. The van der Waals surface area contributed by atoms with E-state index in [-0.39, 0.29) is 5.82 Å². The van der Waals surface area contributed by atoms with Crippen molar-refractivity contribution < 1.29 is 14.6 Å². The molecule has 0 bridgehead atoms. The van der Waals surface area contributed by atoms with Gasteiger partial charge in [-0.2, -0.15) is 0 Å². The number of benzene rings is 2. The number of carboxylic acid groups (broad SMARTS) is 1. The van der Waals surface area contributed by atoms with Crippen LogP contribution in [0.25, 0.3) is 10.8 Å². The third kappa shape index (κ3) is 4.14. The Hall–Kier alpha value is -3.35. The molecule has 0 amide bonds. The number of hydrogen-bond donors (Lipinski definition) is 2. The minimum Gasteiger partial charge on any atom is -0.492 e. The summed E-state index contributed by atoms with van der Waals surface area (Å²) in [6.45, 7) is 0.309. The molecular formula is C18H17N3O4. The summed E-state index contributed by atoms with van der Waals surface area (Å²) < 4.78 is 6.76. The molecule has 0 saturated heterocycles. The van der Waals surface area contributed by atoms with Crippen LogP contribution in [0.1, 0.15) is 0 Å². The lowest BCUT2D eigenvalue weighted by atomic mass is 10.1. The van der Waals surface area contributed by atoms with Crippen LogP contribution in [0.5, 0.6) is 5.75 Å². The molecule has 0 atom stereocenters. The maximum atomic E-state index is 12.0. The zero-order valence-electron chi connectivity index (χ0n) is 13.4. The quantitative estimate of drug-likeness (QED) is 0.639. The zero-order valence-corrected chi connectivity index (χ0v) is 13.4. The van der Waals surface area contributed by atoms with Crippen molar-refractivity contribution in [2.24, 2.45) is 0 Å². The van der Waals surface area contributed by atoms with Gasteiger partial charge in [0.2, 0.25) is 0 Å². The van der Waals surface area contributed by atoms with E-state index in [1.54, 1.807) is 0 Å². The van der Waals surface area contributed by atoms with Gasteiger partial charge in [0.25, 0.3) is 5.56 Å². The van der Waals surface area contributed by atoms with Crippen LogP contribution in [-0.4, -0.2) is 33.8 Å². The summed E-state index contributed by atoms with van der Waals surface area (Å²) in [5, 5.41) is 13.9. The number of fused-ring (bicyclic) bond motifs is 1. The Bertz CT molecular complexity index is 952. The molecule has 2 aromatic carbocycles. The van der Waals surface area contributed by atoms with Crippen LogP contribution in [0.3, 0.4) is 0 Å². The number of aliphatic carboxylic acids is 1. The van der Waals surface area contributed by atoms with E-state index in [9.17, 15) is 9.59 Å². The van der Waals surface area contributed by atoms with Gasteiger partial charge in [0.05, 0.1) is 6.54 Å². The summed E-state index contributed by atoms with van der Waals surface area (Å²) in [5.41, 5.74) is -0.476. The van der Waals surface area contributed by atoms with Gasteiger partial charge in [-0.15, -0.1) is 0 Å². The average Bonchev–Trinajstić information content (AvgIpc) is 2.61. The van der Waals surface area contributed by atoms with E-state index in [2.05, 4.69) is 10.3 Å². The van der Waals surface area contributed by atoms with Crippen LogP contribution in [0.4, 0.5) is 5.82 Å². The van der Waals surface area contributed by atoms with Gasteiger partial charge in [-0.1, -0.05) is 30.3 Å². The fourth-order valence-corrected chi connectivity index (χ4v) is 2.43. The monoisotopic (exact) mass is 339 g/mol. The largest absolute Gasteiger partial charge is 0.492 e. The number of ether oxygens (including phenoxy) is 1. The first-order valence-electron chi connectivity index (χ1n) is 7.76. The molecule has 0 spiro atoms. The minimum absolute atomic E-state index is 0.103. The molecule has 7 nitrogen and oxygen atoms in total. The summed E-state index contributed by atoms with van der Waals surface area (Å²) in [7, 11) is 0. The smallest absolute Gasteiger partial charge is 0.323 e. The highest BCUT2D eigenvalue weighted by atomic mass is 16.5. The summed E-state index contributed by atoms with van der Waals surface area (Å²) >= 11 is 0. The molecule has 0 aliphatic carbocycles. The highest BCUT2D eigenvalue weighted by Crippen LogP contribution is 2.20. The van der Waals surface area contributed by atoms with Gasteiger partial charge in [-0.3, -0.25) is 14.2 Å². The molecule has 2 N–H and O–H groups in total. The van der Waals surface area contributed by atoms with E-state index >= 15 is 0 Å². The van der Waals surface area contributed by atoms with E-state index in [0.29, 0.717) is 13.2 Å². The molecule has 7 heteroatoms. The molecule has 3 aromatic rings. The summed E-state index contributed by atoms with van der Waals surface area (Å²) in [6, 6.07) is 13.8. The van der Waals surface area contributed by atoms with Crippen molar-refractivity contribution in [1.29, 1.82) is 0 Å². The molecule has 0 fully saturated rings. The first-order chi connectivity index (χ1) is 12.1. The van der Waals surface area contributed by atoms with E-state index in [4.69, 9.17) is 9.84 Å². The molecule has 1 heterocycles. The van der Waals surface area contributed by atoms with Gasteiger partial charge in [0, 0.05) is 12.4 Å². The molecule has 25 heavy (non-hydrogen) atoms. The third-order valence-corrected chi connectivity index (χ3v) is 3.60. The second kappa shape index (κ2) is 7.48. The zero-order chi connectivity index (χ0) is 17.6. The number of anilines is 1. The molecule has 0 saturated carbocycles. The lowest BCUT2D eigenvalue weighted by Crippen LogP contribution is -2.28. The number of aromatic nitrogens is 2. The van der Waals surface area contributed by atoms with Crippen molar-refractivity contribution in [3.05, 3.63) is 65.2 Å². The SMILES string of the molecule is O=C(O)Cn1ccnc(NCCOc2ccc3ccccc3c2)c1=O. The lowest BCUT2D eigenvalue weighted by Gasteiger charge is -2.09. The van der Waals surface area contributed by atoms with E-state index in [1.165, 1.54) is 12.4 Å². The van der Waals surface area contributed by atoms with Crippen LogP contribution < -0.4 is 15.6 Å². The Morgan fingerprint density at radius 3 is 2.80 bits per heavy atom. The standard InChI is InChI=1S/C18H17N3O4/c22-16(23)12-21-9-7-19-17(18(21)24)20-8-10-25-15-6-5-13-3-1-2-4-14(13)11-15/h1-7,9,11H,8,10,12H2,(H,19,20)(H,22,23). The maximum absolute atomic E-state index is 12.0. The van der Waals surface area contributed by atoms with Crippen molar-refractivity contribution in [2.45, 2.75) is 6.54 Å². The van der Waals surface area contributed by atoms with Gasteiger partial charge in [0.1, 0.15) is 18.9 Å². The van der Waals surface area contributed by atoms with Crippen LogP contribution in [-0.2, 0) is 11.3 Å². The van der Waals surface area contributed by atoms with Crippen molar-refractivity contribution in [3.8, 4) is 5.75 Å². The van der Waals surface area contributed by atoms with Crippen molar-refractivity contribution in [2.75, 3.05) is 18.5 Å². The molecule has 0 unspecified atom stereocenters. The Morgan fingerprint density at radius 1 is 1.20 bits per heavy atom. The highest BCUT2D eigenvalue weighted by Gasteiger charge is 2.07. The normalized spacial score (nSPS) is 10.6. The van der Waals surface area contributed by atoms with Gasteiger partial charge in [0.15, 0.2) is 5.82 Å². The topological polar surface area (TPSA) is 93.4 Å². The van der Waals surface area contributed by atoms with Crippen LogP contribution >= 0.6 is 0 Å². The molecule has 0 aliphatic heterocycles.